The van der Waals surface area contributed by atoms with E-state index in [4.69, 9.17) is 0 Å². The van der Waals surface area contributed by atoms with E-state index >= 15 is 4.39 Å². The van der Waals surface area contributed by atoms with Gasteiger partial charge in [0, 0.05) is 50.2 Å². The van der Waals surface area contributed by atoms with Crippen molar-refractivity contribution in [3.8, 4) is 11.3 Å². The van der Waals surface area contributed by atoms with Gasteiger partial charge in [0.25, 0.3) is 5.91 Å². The van der Waals surface area contributed by atoms with Crippen LogP contribution in [-0.4, -0.2) is 76.7 Å². The van der Waals surface area contributed by atoms with Crippen LogP contribution in [0, 0.1) is 5.82 Å². The Morgan fingerprint density at radius 3 is 2.53 bits per heavy atom. The summed E-state index contributed by atoms with van der Waals surface area (Å²) in [5.41, 5.74) is 3.65. The fraction of sp³-hybridized carbons (Fsp3) is 0.379. The van der Waals surface area contributed by atoms with Crippen molar-refractivity contribution in [1.82, 2.24) is 19.8 Å². The zero-order valence-corrected chi connectivity index (χ0v) is 22.4. The summed E-state index contributed by atoms with van der Waals surface area (Å²) in [6.45, 7) is 8.60. The summed E-state index contributed by atoms with van der Waals surface area (Å²) in [6, 6.07) is 11.2. The maximum atomic E-state index is 15.3. The van der Waals surface area contributed by atoms with Crippen LogP contribution in [0.2, 0.25) is 0 Å². The van der Waals surface area contributed by atoms with Crippen molar-refractivity contribution in [2.45, 2.75) is 26.2 Å². The highest BCUT2D eigenvalue weighted by atomic mass is 32.2. The predicted octanol–water partition coefficient (Wildman–Crippen LogP) is 5.03. The Kier molecular flexibility index (Phi) is 7.12. The van der Waals surface area contributed by atoms with Gasteiger partial charge in [-0.15, -0.1) is 0 Å². The number of carbonyl (C=O) groups is 1. The molecule has 0 aliphatic carbocycles. The van der Waals surface area contributed by atoms with Crippen molar-refractivity contribution in [2.75, 3.05) is 50.7 Å². The molecular formula is C29H31FN6OS. The standard InChI is InChI=1S/C29H31FN6OS/c1-2-34-12-14-35(15-13-34)25-9-7-21(18-23(25)30)27-22-16-20(6-8-24(22)31-19-32-27)17-26-28(37)33-29(38-26)36-10-4-3-5-11-36/h6-9,16-19H,2-5,10-15H2,1H3. The number of fused-ring (bicyclic) bond motifs is 1. The first-order chi connectivity index (χ1) is 18.6. The van der Waals surface area contributed by atoms with Crippen LogP contribution >= 0.6 is 11.8 Å². The van der Waals surface area contributed by atoms with Crippen molar-refractivity contribution in [3.05, 3.63) is 59.0 Å². The van der Waals surface area contributed by atoms with Gasteiger partial charge in [-0.1, -0.05) is 19.1 Å². The van der Waals surface area contributed by atoms with E-state index in [9.17, 15) is 4.79 Å². The van der Waals surface area contributed by atoms with Gasteiger partial charge in [0.05, 0.1) is 21.8 Å². The van der Waals surface area contributed by atoms with Gasteiger partial charge in [0.1, 0.15) is 12.1 Å². The van der Waals surface area contributed by atoms with E-state index < -0.39 is 0 Å². The third-order valence-electron chi connectivity index (χ3n) is 7.57. The maximum absolute atomic E-state index is 15.3. The molecule has 7 nitrogen and oxygen atoms in total. The van der Waals surface area contributed by atoms with Crippen molar-refractivity contribution in [1.29, 1.82) is 0 Å². The van der Waals surface area contributed by atoms with E-state index in [0.717, 1.165) is 80.3 Å². The number of benzene rings is 2. The predicted molar refractivity (Wildman–Crippen MR) is 153 cm³/mol. The monoisotopic (exact) mass is 530 g/mol. The van der Waals surface area contributed by atoms with Gasteiger partial charge >= 0.3 is 0 Å². The fourth-order valence-corrected chi connectivity index (χ4v) is 6.34. The number of aromatic nitrogens is 2. The second kappa shape index (κ2) is 10.8. The molecule has 38 heavy (non-hydrogen) atoms. The van der Waals surface area contributed by atoms with Crippen molar-refractivity contribution in [3.63, 3.8) is 0 Å². The third kappa shape index (κ3) is 5.05. The van der Waals surface area contributed by atoms with Crippen LogP contribution < -0.4 is 4.90 Å². The number of piperidine rings is 1. The van der Waals surface area contributed by atoms with Crippen LogP contribution in [-0.2, 0) is 4.79 Å². The number of hydrogen-bond acceptors (Lipinski definition) is 7. The van der Waals surface area contributed by atoms with Gasteiger partial charge in [-0.2, -0.15) is 4.99 Å². The number of nitrogens with zero attached hydrogens (tertiary/aromatic N) is 6. The number of likely N-dealkylation sites (N-methyl/N-ethyl adjacent to an activating group) is 1. The van der Waals surface area contributed by atoms with E-state index in [1.807, 2.05) is 36.4 Å². The molecule has 3 aliphatic heterocycles. The smallest absolute Gasteiger partial charge is 0.286 e. The zero-order chi connectivity index (χ0) is 26.1. The molecule has 4 heterocycles. The van der Waals surface area contributed by atoms with Crippen LogP contribution in [0.4, 0.5) is 10.1 Å². The van der Waals surface area contributed by atoms with Crippen LogP contribution in [0.1, 0.15) is 31.7 Å². The number of halogens is 1. The van der Waals surface area contributed by atoms with E-state index in [-0.39, 0.29) is 11.7 Å². The second-order valence-corrected chi connectivity index (χ2v) is 11.0. The molecule has 196 valence electrons. The summed E-state index contributed by atoms with van der Waals surface area (Å²) in [5.74, 6) is -0.439. The lowest BCUT2D eigenvalue weighted by molar-refractivity contribution is -0.113. The lowest BCUT2D eigenvalue weighted by atomic mass is 10.0. The molecule has 1 amide bonds. The number of aliphatic imine (C=N–C) groups is 1. The van der Waals surface area contributed by atoms with Crippen molar-refractivity contribution >= 4 is 45.5 Å². The van der Waals surface area contributed by atoms with Crippen molar-refractivity contribution < 1.29 is 9.18 Å². The highest BCUT2D eigenvalue weighted by molar-refractivity contribution is 8.18. The molecule has 2 saturated heterocycles. The first-order valence-electron chi connectivity index (χ1n) is 13.4. The number of thioether (sulfide) groups is 1. The number of likely N-dealkylation sites (tertiary alicyclic amines) is 1. The SMILES string of the molecule is CCN1CCN(c2ccc(-c3ncnc4ccc(C=C5SC(N6CCCCC6)=NC5=O)cc34)cc2F)CC1. The Morgan fingerprint density at radius 1 is 0.947 bits per heavy atom. The average Bonchev–Trinajstić information content (AvgIpc) is 3.33. The Bertz CT molecular complexity index is 1430. The molecule has 2 aromatic carbocycles. The summed E-state index contributed by atoms with van der Waals surface area (Å²) < 4.78 is 15.3. The number of amidine groups is 1. The maximum Gasteiger partial charge on any atom is 0.286 e. The first-order valence-corrected chi connectivity index (χ1v) is 14.2. The minimum atomic E-state index is -0.243. The van der Waals surface area contributed by atoms with Crippen LogP contribution in [0.5, 0.6) is 0 Å². The largest absolute Gasteiger partial charge is 0.367 e. The molecule has 3 aliphatic rings. The zero-order valence-electron chi connectivity index (χ0n) is 21.6. The Labute approximate surface area is 226 Å². The number of amides is 1. The van der Waals surface area contributed by atoms with E-state index in [1.165, 1.54) is 24.5 Å². The molecule has 0 radical (unpaired) electrons. The summed E-state index contributed by atoms with van der Waals surface area (Å²) >= 11 is 1.44. The molecule has 3 aromatic rings. The third-order valence-corrected chi connectivity index (χ3v) is 8.62. The normalized spacial score (nSPS) is 20.0. The van der Waals surface area contributed by atoms with Crippen LogP contribution in [0.3, 0.4) is 0 Å². The number of hydrogen-bond donors (Lipinski definition) is 0. The Balaban J connectivity index is 1.27. The lowest BCUT2D eigenvalue weighted by Crippen LogP contribution is -2.46. The fourth-order valence-electron chi connectivity index (χ4n) is 5.38. The minimum absolute atomic E-state index is 0.197. The minimum Gasteiger partial charge on any atom is -0.367 e. The van der Waals surface area contributed by atoms with Gasteiger partial charge in [-0.25, -0.2) is 14.4 Å². The van der Waals surface area contributed by atoms with Gasteiger partial charge in [-0.05, 0) is 73.5 Å². The van der Waals surface area contributed by atoms with Gasteiger partial charge in [0.2, 0.25) is 0 Å². The van der Waals surface area contributed by atoms with E-state index in [1.54, 1.807) is 6.07 Å². The summed E-state index contributed by atoms with van der Waals surface area (Å²) in [6.07, 6.45) is 6.90. The number of carbonyl (C=O) groups excluding carboxylic acids is 1. The van der Waals surface area contributed by atoms with Gasteiger partial charge < -0.3 is 14.7 Å². The number of anilines is 1. The highest BCUT2D eigenvalue weighted by Crippen LogP contribution is 2.34. The molecular weight excluding hydrogens is 499 g/mol. The molecule has 6 rings (SSSR count). The van der Waals surface area contributed by atoms with E-state index in [0.29, 0.717) is 21.8 Å². The average molecular weight is 531 g/mol. The van der Waals surface area contributed by atoms with E-state index in [2.05, 4.69) is 36.6 Å². The molecule has 0 spiro atoms. The highest BCUT2D eigenvalue weighted by Gasteiger charge is 2.27. The molecule has 0 bridgehead atoms. The Hall–Kier alpha value is -3.30. The topological polar surface area (TPSA) is 64.9 Å². The quantitative estimate of drug-likeness (QED) is 0.438. The Morgan fingerprint density at radius 2 is 1.76 bits per heavy atom. The van der Waals surface area contributed by atoms with Gasteiger partial charge in [0.15, 0.2) is 5.17 Å². The molecule has 0 unspecified atom stereocenters. The molecule has 0 N–H and O–H groups in total. The molecule has 0 atom stereocenters. The molecule has 2 fully saturated rings. The number of piperazine rings is 1. The summed E-state index contributed by atoms with van der Waals surface area (Å²) in [4.78, 5) is 33.2. The van der Waals surface area contributed by atoms with Crippen LogP contribution in [0.25, 0.3) is 28.2 Å². The lowest BCUT2D eigenvalue weighted by Gasteiger charge is -2.35. The first kappa shape index (κ1) is 25.0. The molecule has 0 saturated carbocycles. The van der Waals surface area contributed by atoms with Crippen LogP contribution in [0.15, 0.2) is 52.6 Å². The van der Waals surface area contributed by atoms with Crippen molar-refractivity contribution in [2.24, 2.45) is 4.99 Å². The second-order valence-electron chi connectivity index (χ2n) is 9.94. The summed E-state index contributed by atoms with van der Waals surface area (Å²) in [5, 5.41) is 1.62. The molecule has 9 heteroatoms. The molecule has 1 aromatic heterocycles. The number of rotatable bonds is 4. The van der Waals surface area contributed by atoms with Gasteiger partial charge in [-0.3, -0.25) is 4.79 Å². The summed E-state index contributed by atoms with van der Waals surface area (Å²) in [7, 11) is 0.